The summed E-state index contributed by atoms with van der Waals surface area (Å²) in [6.07, 6.45) is 23.9. The van der Waals surface area contributed by atoms with E-state index in [1.807, 2.05) is 0 Å². The van der Waals surface area contributed by atoms with Crippen LogP contribution in [-0.2, 0) is 4.79 Å². The van der Waals surface area contributed by atoms with E-state index in [4.69, 9.17) is 5.73 Å². The number of amides is 1. The number of hydrogen-bond acceptors (Lipinski definition) is 2. The fourth-order valence-corrected chi connectivity index (χ4v) is 3.48. The highest BCUT2D eigenvalue weighted by atomic mass is 16.1. The van der Waals surface area contributed by atoms with E-state index >= 15 is 0 Å². The summed E-state index contributed by atoms with van der Waals surface area (Å²) in [5.41, 5.74) is 5.65. The first-order valence-electron chi connectivity index (χ1n) is 11.8. The molecule has 0 saturated carbocycles. The van der Waals surface area contributed by atoms with Crippen molar-refractivity contribution in [2.75, 3.05) is 6.54 Å². The molecule has 0 aromatic heterocycles. The van der Waals surface area contributed by atoms with Crippen LogP contribution in [0.2, 0.25) is 0 Å². The third-order valence-corrected chi connectivity index (χ3v) is 5.81. The van der Waals surface area contributed by atoms with Crippen molar-refractivity contribution in [1.29, 1.82) is 0 Å². The molecule has 160 valence electrons. The summed E-state index contributed by atoms with van der Waals surface area (Å²) < 4.78 is 0. The SMILES string of the molecule is CCCCCCCCC=CCCCCCCCC(=O)NC(CC)(CC)CN. The van der Waals surface area contributed by atoms with Crippen LogP contribution in [0.15, 0.2) is 12.2 Å². The van der Waals surface area contributed by atoms with Gasteiger partial charge in [0.1, 0.15) is 0 Å². The Bertz CT molecular complexity index is 353. The highest BCUT2D eigenvalue weighted by molar-refractivity contribution is 5.76. The molecule has 0 rings (SSSR count). The van der Waals surface area contributed by atoms with Gasteiger partial charge in [0.25, 0.3) is 0 Å². The molecule has 0 aliphatic heterocycles. The van der Waals surface area contributed by atoms with Crippen LogP contribution < -0.4 is 11.1 Å². The summed E-state index contributed by atoms with van der Waals surface area (Å²) in [5, 5.41) is 3.16. The molecule has 0 atom stereocenters. The van der Waals surface area contributed by atoms with E-state index < -0.39 is 0 Å². The first kappa shape index (κ1) is 26.2. The Balaban J connectivity index is 3.46. The summed E-state index contributed by atoms with van der Waals surface area (Å²) in [6, 6.07) is 0. The van der Waals surface area contributed by atoms with Crippen molar-refractivity contribution in [3.05, 3.63) is 12.2 Å². The van der Waals surface area contributed by atoms with Crippen molar-refractivity contribution >= 4 is 5.91 Å². The van der Waals surface area contributed by atoms with Gasteiger partial charge in [-0.05, 0) is 44.9 Å². The molecule has 0 aliphatic rings. The van der Waals surface area contributed by atoms with Crippen LogP contribution in [-0.4, -0.2) is 18.0 Å². The predicted octanol–water partition coefficient (Wildman–Crippen LogP) is 6.66. The Morgan fingerprint density at radius 1 is 0.778 bits per heavy atom. The molecule has 0 aromatic rings. The largest absolute Gasteiger partial charge is 0.349 e. The van der Waals surface area contributed by atoms with Gasteiger partial charge in [-0.3, -0.25) is 4.79 Å². The maximum atomic E-state index is 12.1. The highest BCUT2D eigenvalue weighted by Gasteiger charge is 2.25. The second-order valence-corrected chi connectivity index (χ2v) is 8.07. The predicted molar refractivity (Wildman–Crippen MR) is 120 cm³/mol. The van der Waals surface area contributed by atoms with Gasteiger partial charge < -0.3 is 11.1 Å². The van der Waals surface area contributed by atoms with Crippen molar-refractivity contribution in [2.24, 2.45) is 5.73 Å². The number of nitrogens with two attached hydrogens (primary N) is 1. The summed E-state index contributed by atoms with van der Waals surface area (Å²) in [5.74, 6) is 0.168. The highest BCUT2D eigenvalue weighted by Crippen LogP contribution is 2.14. The molecule has 0 aliphatic carbocycles. The Morgan fingerprint density at radius 2 is 1.26 bits per heavy atom. The van der Waals surface area contributed by atoms with Gasteiger partial charge >= 0.3 is 0 Å². The second-order valence-electron chi connectivity index (χ2n) is 8.07. The van der Waals surface area contributed by atoms with E-state index in [0.29, 0.717) is 13.0 Å². The molecule has 0 saturated heterocycles. The number of rotatable bonds is 19. The lowest BCUT2D eigenvalue weighted by Crippen LogP contribution is -2.52. The molecular formula is C24H48N2O. The average molecular weight is 381 g/mol. The van der Waals surface area contributed by atoms with Gasteiger partial charge in [-0.15, -0.1) is 0 Å². The quantitative estimate of drug-likeness (QED) is 0.194. The Labute approximate surface area is 169 Å². The zero-order valence-electron chi connectivity index (χ0n) is 18.7. The minimum atomic E-state index is -0.196. The standard InChI is InChI=1S/C24H48N2O/c1-4-7-8-9-10-11-12-13-14-15-16-17-18-19-20-21-23(27)26-24(5-2,6-3)22-25/h13-14H,4-12,15-22,25H2,1-3H3,(H,26,27). The van der Waals surface area contributed by atoms with E-state index in [2.05, 4.69) is 38.2 Å². The van der Waals surface area contributed by atoms with Crippen LogP contribution in [0.25, 0.3) is 0 Å². The van der Waals surface area contributed by atoms with Crippen LogP contribution in [0.4, 0.5) is 0 Å². The van der Waals surface area contributed by atoms with Crippen molar-refractivity contribution in [3.63, 3.8) is 0 Å². The van der Waals surface area contributed by atoms with Crippen molar-refractivity contribution in [1.82, 2.24) is 5.32 Å². The van der Waals surface area contributed by atoms with Gasteiger partial charge in [-0.25, -0.2) is 0 Å². The zero-order valence-corrected chi connectivity index (χ0v) is 18.7. The molecule has 3 heteroatoms. The number of hydrogen-bond donors (Lipinski definition) is 2. The summed E-state index contributed by atoms with van der Waals surface area (Å²) in [6.45, 7) is 6.99. The van der Waals surface area contributed by atoms with Gasteiger partial charge in [0.2, 0.25) is 5.91 Å². The van der Waals surface area contributed by atoms with E-state index in [0.717, 1.165) is 25.7 Å². The maximum Gasteiger partial charge on any atom is 0.220 e. The molecule has 3 nitrogen and oxygen atoms in total. The third kappa shape index (κ3) is 14.8. The number of carbonyl (C=O) groups excluding carboxylic acids is 1. The molecule has 27 heavy (non-hydrogen) atoms. The zero-order chi connectivity index (χ0) is 20.2. The molecule has 0 bridgehead atoms. The fourth-order valence-electron chi connectivity index (χ4n) is 3.48. The summed E-state index contributed by atoms with van der Waals surface area (Å²) in [4.78, 5) is 12.1. The van der Waals surface area contributed by atoms with Gasteiger partial charge in [0.05, 0.1) is 5.54 Å². The maximum absolute atomic E-state index is 12.1. The lowest BCUT2D eigenvalue weighted by Gasteiger charge is -2.31. The van der Waals surface area contributed by atoms with Crippen LogP contribution in [0, 0.1) is 0 Å². The van der Waals surface area contributed by atoms with Gasteiger partial charge in [-0.2, -0.15) is 0 Å². The lowest BCUT2D eigenvalue weighted by molar-refractivity contribution is -0.123. The summed E-state index contributed by atoms with van der Waals surface area (Å²) >= 11 is 0. The Kier molecular flexibility index (Phi) is 18.0. The van der Waals surface area contributed by atoms with Gasteiger partial charge in [0.15, 0.2) is 0 Å². The average Bonchev–Trinajstić information content (AvgIpc) is 2.69. The molecule has 3 N–H and O–H groups in total. The van der Waals surface area contributed by atoms with Gasteiger partial charge in [0, 0.05) is 13.0 Å². The molecule has 0 fully saturated rings. The Hall–Kier alpha value is -0.830. The fraction of sp³-hybridized carbons (Fsp3) is 0.875. The number of carbonyl (C=O) groups is 1. The van der Waals surface area contributed by atoms with Crippen LogP contribution in [0.3, 0.4) is 0 Å². The van der Waals surface area contributed by atoms with Crippen LogP contribution in [0.1, 0.15) is 124 Å². The first-order chi connectivity index (χ1) is 13.1. The minimum Gasteiger partial charge on any atom is -0.349 e. The van der Waals surface area contributed by atoms with Gasteiger partial charge in [-0.1, -0.05) is 84.3 Å². The smallest absolute Gasteiger partial charge is 0.220 e. The number of unbranched alkanes of at least 4 members (excludes halogenated alkanes) is 11. The Morgan fingerprint density at radius 3 is 1.74 bits per heavy atom. The minimum absolute atomic E-state index is 0.168. The van der Waals surface area contributed by atoms with Crippen molar-refractivity contribution < 1.29 is 4.79 Å². The topological polar surface area (TPSA) is 55.1 Å². The molecule has 0 heterocycles. The normalized spacial score (nSPS) is 12.0. The van der Waals surface area contributed by atoms with Crippen molar-refractivity contribution in [3.8, 4) is 0 Å². The number of nitrogens with one attached hydrogen (secondary N) is 1. The monoisotopic (exact) mass is 380 g/mol. The van der Waals surface area contributed by atoms with E-state index in [1.54, 1.807) is 0 Å². The molecule has 0 radical (unpaired) electrons. The third-order valence-electron chi connectivity index (χ3n) is 5.81. The lowest BCUT2D eigenvalue weighted by atomic mass is 9.92. The number of allylic oxidation sites excluding steroid dienone is 2. The molecule has 0 spiro atoms. The van der Waals surface area contributed by atoms with E-state index in [-0.39, 0.29) is 11.4 Å². The first-order valence-corrected chi connectivity index (χ1v) is 11.8. The molecule has 0 unspecified atom stereocenters. The van der Waals surface area contributed by atoms with Crippen LogP contribution in [0.5, 0.6) is 0 Å². The van der Waals surface area contributed by atoms with Crippen molar-refractivity contribution in [2.45, 2.75) is 129 Å². The molecular weight excluding hydrogens is 332 g/mol. The summed E-state index contributed by atoms with van der Waals surface area (Å²) in [7, 11) is 0. The molecule has 0 aromatic carbocycles. The van der Waals surface area contributed by atoms with Crippen LogP contribution >= 0.6 is 0 Å². The van der Waals surface area contributed by atoms with E-state index in [1.165, 1.54) is 70.6 Å². The van der Waals surface area contributed by atoms with E-state index in [9.17, 15) is 4.79 Å². The second kappa shape index (κ2) is 18.5. The molecule has 1 amide bonds.